The SMILES string of the molecule is COCCOCCOCCOCCOCCOCCOCCOCCOCCOC(=O)NCCCCCCn1c(=O)n(CCCCCCNC(=O)OC(C)CN2CC2C)c(=O)n(CCCCCCNC(=O)OC(C)CN2CC2C)c1=O. The molecule has 2 saturated heterocycles. The van der Waals surface area contributed by atoms with Crippen molar-refractivity contribution in [1.82, 2.24) is 39.5 Å². The van der Waals surface area contributed by atoms with Crippen LogP contribution in [0.15, 0.2) is 14.4 Å². The van der Waals surface area contributed by atoms with Crippen molar-refractivity contribution in [2.75, 3.05) is 172 Å². The molecule has 3 rings (SSSR count). The van der Waals surface area contributed by atoms with Crippen LogP contribution in [-0.4, -0.2) is 238 Å². The Morgan fingerprint density at radius 1 is 0.407 bits per heavy atom. The van der Waals surface area contributed by atoms with Crippen molar-refractivity contribution in [3.8, 4) is 0 Å². The number of alkyl carbamates (subject to hydrolysis) is 3. The van der Waals surface area contributed by atoms with Gasteiger partial charge in [-0.1, -0.05) is 38.5 Å². The average Bonchev–Trinajstić information content (AvgIpc) is 4.35. The Morgan fingerprint density at radius 3 is 0.951 bits per heavy atom. The molecule has 81 heavy (non-hydrogen) atoms. The topological polar surface area (TPSA) is 270 Å². The molecule has 0 spiro atoms. The van der Waals surface area contributed by atoms with Crippen LogP contribution in [0.3, 0.4) is 0 Å². The summed E-state index contributed by atoms with van der Waals surface area (Å²) in [6, 6.07) is 1.08. The zero-order valence-corrected chi connectivity index (χ0v) is 49.7. The highest BCUT2D eigenvalue weighted by Gasteiger charge is 2.31. The zero-order chi connectivity index (χ0) is 58.6. The molecular weight excluding hydrogens is 1060 g/mol. The lowest BCUT2D eigenvalue weighted by Gasteiger charge is -2.15. The number of unbranched alkanes of at least 4 members (excludes halogenated alkanes) is 9. The average molecular weight is 1160 g/mol. The second-order valence-electron chi connectivity index (χ2n) is 20.4. The van der Waals surface area contributed by atoms with Gasteiger partial charge < -0.3 is 72.8 Å². The van der Waals surface area contributed by atoms with Crippen LogP contribution in [-0.2, 0) is 76.5 Å². The highest BCUT2D eigenvalue weighted by molar-refractivity contribution is 5.67. The molecule has 0 aliphatic carbocycles. The van der Waals surface area contributed by atoms with Gasteiger partial charge in [-0.15, -0.1) is 0 Å². The highest BCUT2D eigenvalue weighted by Crippen LogP contribution is 2.17. The minimum atomic E-state index is -0.621. The molecule has 0 radical (unpaired) electrons. The van der Waals surface area contributed by atoms with Gasteiger partial charge in [0.05, 0.1) is 112 Å². The van der Waals surface area contributed by atoms with Gasteiger partial charge in [0.15, 0.2) is 0 Å². The number of aromatic nitrogens is 3. The van der Waals surface area contributed by atoms with E-state index in [0.717, 1.165) is 50.0 Å². The molecular formula is C55H102N8O18. The Labute approximate surface area is 479 Å². The standard InChI is InChI=1S/C55H102N8O18/c1-46-42-59(46)44-48(3)80-51(65)57-19-13-7-10-16-22-62-53(67)61(54(68)63(55(62)69)23-17-11-8-14-20-58-52(66)81-49(4)45-60-43-47(60)2)21-15-9-6-12-18-56-50(64)79-41-40-78-39-38-77-37-36-76-35-34-75-33-32-74-31-30-73-29-28-72-27-26-71-25-24-70-5/h46-49H,6-45H2,1-5H3,(H,56,64)(H,57,65)(H,58,66). The summed E-state index contributed by atoms with van der Waals surface area (Å²) in [5.41, 5.74) is -1.86. The van der Waals surface area contributed by atoms with E-state index < -0.39 is 35.3 Å². The third-order valence-corrected chi connectivity index (χ3v) is 13.2. The summed E-state index contributed by atoms with van der Waals surface area (Å²) in [4.78, 5) is 82.1. The number of nitrogens with one attached hydrogen (secondary N) is 3. The molecule has 2 fully saturated rings. The van der Waals surface area contributed by atoms with Crippen LogP contribution in [0.1, 0.15) is 105 Å². The molecule has 0 aromatic carbocycles. The van der Waals surface area contributed by atoms with E-state index in [4.69, 9.17) is 56.8 Å². The van der Waals surface area contributed by atoms with Crippen molar-refractivity contribution in [1.29, 1.82) is 0 Å². The van der Waals surface area contributed by atoms with E-state index >= 15 is 0 Å². The Kier molecular flexibility index (Phi) is 40.5. The van der Waals surface area contributed by atoms with Crippen molar-refractivity contribution >= 4 is 18.3 Å². The second kappa shape index (κ2) is 46.2. The third kappa shape index (κ3) is 36.2. The largest absolute Gasteiger partial charge is 0.447 e. The van der Waals surface area contributed by atoms with Gasteiger partial charge in [-0.25, -0.2) is 42.5 Å². The van der Waals surface area contributed by atoms with Crippen molar-refractivity contribution in [2.45, 2.75) is 149 Å². The van der Waals surface area contributed by atoms with Crippen LogP contribution >= 0.6 is 0 Å². The van der Waals surface area contributed by atoms with Crippen molar-refractivity contribution in [3.05, 3.63) is 31.5 Å². The van der Waals surface area contributed by atoms with Gasteiger partial charge in [0, 0.05) is 84.6 Å². The molecule has 3 N–H and O–H groups in total. The van der Waals surface area contributed by atoms with E-state index in [1.807, 2.05) is 13.8 Å². The fraction of sp³-hybridized carbons (Fsp3) is 0.891. The summed E-state index contributed by atoms with van der Waals surface area (Å²) in [6.45, 7) is 21.1. The smallest absolute Gasteiger partial charge is 0.407 e. The molecule has 0 saturated carbocycles. The van der Waals surface area contributed by atoms with Gasteiger partial charge in [-0.05, 0) is 66.2 Å². The van der Waals surface area contributed by atoms with Crippen LogP contribution in [0, 0.1) is 0 Å². The lowest BCUT2D eigenvalue weighted by molar-refractivity contribution is -0.0250. The number of ether oxygens (including phenoxy) is 12. The quantitative estimate of drug-likeness (QED) is 0.0481. The minimum Gasteiger partial charge on any atom is -0.447 e. The maximum absolute atomic E-state index is 13.7. The molecule has 1 aromatic rings. The van der Waals surface area contributed by atoms with E-state index in [2.05, 4.69) is 39.6 Å². The first-order valence-electron chi connectivity index (χ1n) is 29.7. The number of carbonyl (C=O) groups is 3. The van der Waals surface area contributed by atoms with Crippen molar-refractivity contribution in [3.63, 3.8) is 0 Å². The zero-order valence-electron chi connectivity index (χ0n) is 49.7. The maximum atomic E-state index is 13.7. The Bertz CT molecular complexity index is 1890. The molecule has 470 valence electrons. The van der Waals surface area contributed by atoms with Crippen LogP contribution in [0.5, 0.6) is 0 Å². The van der Waals surface area contributed by atoms with Gasteiger partial charge >= 0.3 is 35.3 Å². The number of methoxy groups -OCH3 is 1. The number of nitrogens with zero attached hydrogens (tertiary/aromatic N) is 5. The van der Waals surface area contributed by atoms with Crippen molar-refractivity contribution < 1.29 is 71.2 Å². The predicted octanol–water partition coefficient (Wildman–Crippen LogP) is 3.00. The molecule has 6 atom stereocenters. The fourth-order valence-electron chi connectivity index (χ4n) is 8.38. The fourth-order valence-corrected chi connectivity index (χ4v) is 8.38. The number of amides is 3. The number of rotatable bonds is 54. The van der Waals surface area contributed by atoms with E-state index in [9.17, 15) is 28.8 Å². The molecule has 3 heterocycles. The van der Waals surface area contributed by atoms with Gasteiger partial charge in [0.2, 0.25) is 0 Å². The summed E-state index contributed by atoms with van der Waals surface area (Å²) >= 11 is 0. The van der Waals surface area contributed by atoms with E-state index in [-0.39, 0.29) is 45.1 Å². The van der Waals surface area contributed by atoms with Gasteiger partial charge in [-0.3, -0.25) is 9.80 Å². The number of hydrogen-bond acceptors (Lipinski definition) is 20. The summed E-state index contributed by atoms with van der Waals surface area (Å²) in [5.74, 6) is 0. The van der Waals surface area contributed by atoms with Crippen LogP contribution in [0.4, 0.5) is 14.4 Å². The Balaban J connectivity index is 1.22. The summed E-state index contributed by atoms with van der Waals surface area (Å²) in [6.07, 6.45) is 6.28. The Morgan fingerprint density at radius 2 is 0.667 bits per heavy atom. The summed E-state index contributed by atoms with van der Waals surface area (Å²) in [7, 11) is 1.63. The molecule has 0 bridgehead atoms. The van der Waals surface area contributed by atoms with E-state index in [1.165, 1.54) is 9.13 Å². The first-order valence-corrected chi connectivity index (χ1v) is 29.7. The minimum absolute atomic E-state index is 0.0893. The molecule has 6 unspecified atom stereocenters. The molecule has 26 nitrogen and oxygen atoms in total. The lowest BCUT2D eigenvalue weighted by Crippen LogP contribution is -2.54. The molecule has 1 aromatic heterocycles. The third-order valence-electron chi connectivity index (χ3n) is 13.2. The summed E-state index contributed by atoms with van der Waals surface area (Å²) < 4.78 is 68.2. The van der Waals surface area contributed by atoms with E-state index in [1.54, 1.807) is 7.11 Å². The van der Waals surface area contributed by atoms with Gasteiger partial charge in [-0.2, -0.15) is 0 Å². The number of hydrogen-bond donors (Lipinski definition) is 3. The summed E-state index contributed by atoms with van der Waals surface area (Å²) in [5, 5.41) is 8.33. The molecule has 3 amide bonds. The normalized spacial score (nSPS) is 17.1. The first kappa shape index (κ1) is 71.0. The maximum Gasteiger partial charge on any atom is 0.407 e. The highest BCUT2D eigenvalue weighted by atomic mass is 16.6. The van der Waals surface area contributed by atoms with Crippen LogP contribution in [0.2, 0.25) is 0 Å². The van der Waals surface area contributed by atoms with Crippen LogP contribution < -0.4 is 33.0 Å². The first-order chi connectivity index (χ1) is 39.4. The number of carbonyl (C=O) groups excluding carboxylic acids is 3. The van der Waals surface area contributed by atoms with Gasteiger partial charge in [0.25, 0.3) is 0 Å². The van der Waals surface area contributed by atoms with Crippen LogP contribution in [0.25, 0.3) is 0 Å². The van der Waals surface area contributed by atoms with Crippen molar-refractivity contribution in [2.24, 2.45) is 0 Å². The molecule has 2 aliphatic rings. The van der Waals surface area contributed by atoms with Gasteiger partial charge in [0.1, 0.15) is 18.8 Å². The monoisotopic (exact) mass is 1160 g/mol. The Hall–Kier alpha value is -4.22. The predicted molar refractivity (Wildman–Crippen MR) is 302 cm³/mol. The molecule has 2 aliphatic heterocycles. The molecule has 26 heteroatoms. The van der Waals surface area contributed by atoms with E-state index in [0.29, 0.717) is 195 Å². The second-order valence-corrected chi connectivity index (χ2v) is 20.4. The lowest BCUT2D eigenvalue weighted by atomic mass is 10.2.